The van der Waals surface area contributed by atoms with Gasteiger partial charge in [-0.1, -0.05) is 72.8 Å². The van der Waals surface area contributed by atoms with Crippen molar-refractivity contribution in [2.45, 2.75) is 0 Å². The van der Waals surface area contributed by atoms with Crippen molar-refractivity contribution in [3.8, 4) is 0 Å². The topological polar surface area (TPSA) is 18.7 Å². The van der Waals surface area contributed by atoms with E-state index in [0.29, 0.717) is 0 Å². The number of benzene rings is 7. The standard InChI is InChI=1S/C44H26N4/c1-45-31-15-7-5-13-25(31)39-37(45)19-27-23-11-3-9-17-33(23)47-35-22-30-36(21-29(35)41(39)43(27)47)48-34-18-10-4-12-24(34)28-20-38-40(42(30)44(28)48)26-14-6-8-16-32(26)46(38)2/h3-22H,1-2H3. The predicted octanol–water partition coefficient (Wildman–Crippen LogP) is 11.3. The van der Waals surface area contributed by atoms with Gasteiger partial charge in [-0.15, -0.1) is 0 Å². The van der Waals surface area contributed by atoms with E-state index in [2.05, 4.69) is 153 Å². The number of rotatable bonds is 0. The Balaban J connectivity index is 1.39. The highest BCUT2D eigenvalue weighted by atomic mass is 15.0. The fraction of sp³-hybridized carbons (Fsp3) is 0.0455. The number of aryl methyl sites for hydroxylation is 2. The van der Waals surface area contributed by atoms with Crippen molar-refractivity contribution in [2.75, 3.05) is 0 Å². The normalized spacial score (nSPS) is 13.2. The van der Waals surface area contributed by atoms with E-state index >= 15 is 0 Å². The largest absolute Gasteiger partial charge is 0.344 e. The van der Waals surface area contributed by atoms with Gasteiger partial charge in [0.2, 0.25) is 0 Å². The van der Waals surface area contributed by atoms with Crippen LogP contribution in [0.4, 0.5) is 0 Å². The van der Waals surface area contributed by atoms with Crippen LogP contribution in [-0.4, -0.2) is 17.9 Å². The van der Waals surface area contributed by atoms with Crippen LogP contribution in [0.25, 0.3) is 120 Å². The monoisotopic (exact) mass is 610 g/mol. The van der Waals surface area contributed by atoms with Gasteiger partial charge in [0.25, 0.3) is 0 Å². The first-order chi connectivity index (χ1) is 23.7. The zero-order valence-electron chi connectivity index (χ0n) is 26.3. The van der Waals surface area contributed by atoms with Crippen LogP contribution >= 0.6 is 0 Å². The summed E-state index contributed by atoms with van der Waals surface area (Å²) in [6.07, 6.45) is 0. The van der Waals surface area contributed by atoms with Gasteiger partial charge in [-0.3, -0.25) is 0 Å². The molecule has 13 aromatic rings. The molecule has 48 heavy (non-hydrogen) atoms. The van der Waals surface area contributed by atoms with Crippen molar-refractivity contribution < 1.29 is 0 Å². The molecule has 0 atom stereocenters. The van der Waals surface area contributed by atoms with Crippen LogP contribution in [0.2, 0.25) is 0 Å². The second kappa shape index (κ2) is 7.64. The molecule has 4 heteroatoms. The Morgan fingerprint density at radius 1 is 0.292 bits per heavy atom. The maximum absolute atomic E-state index is 2.56. The van der Waals surface area contributed by atoms with Crippen molar-refractivity contribution >= 4 is 120 Å². The Hall–Kier alpha value is -6.26. The highest BCUT2D eigenvalue weighted by Gasteiger charge is 2.27. The zero-order valence-corrected chi connectivity index (χ0v) is 26.3. The molecule has 0 spiro atoms. The molecule has 0 radical (unpaired) electrons. The summed E-state index contributed by atoms with van der Waals surface area (Å²) in [5.41, 5.74) is 12.8. The van der Waals surface area contributed by atoms with Crippen LogP contribution in [0, 0.1) is 0 Å². The summed E-state index contributed by atoms with van der Waals surface area (Å²) in [6, 6.07) is 45.6. The summed E-state index contributed by atoms with van der Waals surface area (Å²) in [5, 5.41) is 15.9. The fourth-order valence-electron chi connectivity index (χ4n) is 9.89. The molecule has 0 fully saturated rings. The molecule has 0 bridgehead atoms. The minimum absolute atomic E-state index is 1.27. The summed E-state index contributed by atoms with van der Waals surface area (Å²) < 4.78 is 9.88. The zero-order chi connectivity index (χ0) is 31.2. The molecule has 0 aliphatic carbocycles. The fourth-order valence-corrected chi connectivity index (χ4v) is 9.89. The molecular weight excluding hydrogens is 585 g/mol. The SMILES string of the molecule is Cn1c2ccccc2c2c3c4cc5c(cc4n4c6ccccc6c(cc21)c34)c1c2c3ccccc3n(C)c2cc2c3ccccc3n5c21. The first kappa shape index (κ1) is 24.0. The van der Waals surface area contributed by atoms with Gasteiger partial charge in [0.15, 0.2) is 0 Å². The number of hydrogen-bond acceptors (Lipinski definition) is 0. The third-order valence-electron chi connectivity index (χ3n) is 11.8. The van der Waals surface area contributed by atoms with E-state index in [9.17, 15) is 0 Å². The molecule has 0 amide bonds. The van der Waals surface area contributed by atoms with Crippen LogP contribution in [0.5, 0.6) is 0 Å². The molecule has 0 unspecified atom stereocenters. The van der Waals surface area contributed by atoms with Gasteiger partial charge in [0, 0.05) is 89.8 Å². The third kappa shape index (κ3) is 2.40. The molecule has 0 aliphatic rings. The molecule has 0 N–H and O–H groups in total. The van der Waals surface area contributed by atoms with Crippen molar-refractivity contribution in [1.82, 2.24) is 17.9 Å². The van der Waals surface area contributed by atoms with Crippen LogP contribution in [0.15, 0.2) is 121 Å². The van der Waals surface area contributed by atoms with Crippen LogP contribution in [0.1, 0.15) is 0 Å². The van der Waals surface area contributed by atoms with Gasteiger partial charge in [-0.05, 0) is 48.5 Å². The van der Waals surface area contributed by atoms with Gasteiger partial charge >= 0.3 is 0 Å². The number of aromatic nitrogens is 4. The summed E-state index contributed by atoms with van der Waals surface area (Å²) in [5.74, 6) is 0. The Morgan fingerprint density at radius 2 is 0.646 bits per heavy atom. The average Bonchev–Trinajstić information content (AvgIpc) is 3.94. The van der Waals surface area contributed by atoms with Gasteiger partial charge in [0.1, 0.15) is 0 Å². The number of fused-ring (bicyclic) bond motifs is 20. The molecule has 0 saturated heterocycles. The van der Waals surface area contributed by atoms with Crippen LogP contribution in [-0.2, 0) is 14.1 Å². The van der Waals surface area contributed by atoms with Crippen molar-refractivity contribution in [1.29, 1.82) is 0 Å². The molecule has 7 aromatic carbocycles. The second-order valence-corrected chi connectivity index (χ2v) is 13.8. The minimum Gasteiger partial charge on any atom is -0.344 e. The van der Waals surface area contributed by atoms with Crippen LogP contribution in [0.3, 0.4) is 0 Å². The summed E-state index contributed by atoms with van der Waals surface area (Å²) in [7, 11) is 4.44. The molecule has 4 nitrogen and oxygen atoms in total. The first-order valence-electron chi connectivity index (χ1n) is 16.7. The molecule has 6 aromatic heterocycles. The van der Waals surface area contributed by atoms with Crippen molar-refractivity contribution in [2.24, 2.45) is 14.1 Å². The Bertz CT molecular complexity index is 3340. The highest BCUT2D eigenvalue weighted by Crippen LogP contribution is 2.50. The average molecular weight is 611 g/mol. The summed E-state index contributed by atoms with van der Waals surface area (Å²) in [4.78, 5) is 0. The lowest BCUT2D eigenvalue weighted by atomic mass is 9.99. The molecule has 6 heterocycles. The lowest BCUT2D eigenvalue weighted by molar-refractivity contribution is 1.02. The second-order valence-electron chi connectivity index (χ2n) is 13.8. The summed E-state index contributed by atoms with van der Waals surface area (Å²) >= 11 is 0. The highest BCUT2D eigenvalue weighted by molar-refractivity contribution is 6.39. The van der Waals surface area contributed by atoms with Gasteiger partial charge in [0.05, 0.1) is 44.1 Å². The first-order valence-corrected chi connectivity index (χ1v) is 16.7. The Morgan fingerprint density at radius 3 is 1.08 bits per heavy atom. The van der Waals surface area contributed by atoms with E-state index in [0.717, 1.165) is 0 Å². The van der Waals surface area contributed by atoms with E-state index in [1.54, 1.807) is 0 Å². The van der Waals surface area contributed by atoms with Gasteiger partial charge in [-0.25, -0.2) is 0 Å². The van der Waals surface area contributed by atoms with Gasteiger partial charge in [-0.2, -0.15) is 0 Å². The van der Waals surface area contributed by atoms with E-state index in [4.69, 9.17) is 0 Å². The van der Waals surface area contributed by atoms with Gasteiger partial charge < -0.3 is 17.9 Å². The van der Waals surface area contributed by atoms with E-state index < -0.39 is 0 Å². The number of para-hydroxylation sites is 4. The number of hydrogen-bond donors (Lipinski definition) is 0. The van der Waals surface area contributed by atoms with E-state index in [1.165, 1.54) is 120 Å². The summed E-state index contributed by atoms with van der Waals surface area (Å²) in [6.45, 7) is 0. The lowest BCUT2D eigenvalue weighted by Crippen LogP contribution is -1.86. The Kier molecular flexibility index (Phi) is 3.82. The molecule has 0 saturated carbocycles. The van der Waals surface area contributed by atoms with E-state index in [-0.39, 0.29) is 0 Å². The van der Waals surface area contributed by atoms with E-state index in [1.807, 2.05) is 0 Å². The Labute approximate surface area is 272 Å². The maximum Gasteiger partial charge on any atom is 0.0628 e. The minimum atomic E-state index is 1.27. The number of nitrogens with zero attached hydrogens (tertiary/aromatic N) is 4. The molecular formula is C44H26N4. The van der Waals surface area contributed by atoms with Crippen molar-refractivity contribution in [3.63, 3.8) is 0 Å². The van der Waals surface area contributed by atoms with Crippen molar-refractivity contribution in [3.05, 3.63) is 121 Å². The quantitative estimate of drug-likeness (QED) is 0.163. The maximum atomic E-state index is 2.56. The van der Waals surface area contributed by atoms with Crippen LogP contribution < -0.4 is 0 Å². The third-order valence-corrected chi connectivity index (χ3v) is 11.8. The molecule has 13 rings (SSSR count). The lowest BCUT2D eigenvalue weighted by Gasteiger charge is -2.03. The smallest absolute Gasteiger partial charge is 0.0628 e. The molecule has 0 aliphatic heterocycles. The predicted molar refractivity (Wildman–Crippen MR) is 204 cm³/mol. The molecule has 222 valence electrons.